The molecule has 5 saturated heterocycles. The van der Waals surface area contributed by atoms with E-state index in [0.717, 1.165) is 42.7 Å². The average Bonchev–Trinajstić information content (AvgIpc) is 0.763. The molecule has 5 aliphatic heterocycles. The third-order valence-electron chi connectivity index (χ3n) is 14.5. The molecule has 94 heavy (non-hydrogen) atoms. The van der Waals surface area contributed by atoms with Gasteiger partial charge in [0.05, 0.1) is 35.6 Å². The summed E-state index contributed by atoms with van der Waals surface area (Å²) in [5.74, 6) is -7.90. The van der Waals surface area contributed by atoms with Gasteiger partial charge in [0.15, 0.2) is 55.9 Å². The normalized spacial score (nSPS) is 37.6. The number of methoxy groups -OCH3 is 8. The summed E-state index contributed by atoms with van der Waals surface area (Å²) < 4.78 is 357. The van der Waals surface area contributed by atoms with E-state index in [-0.39, 0.29) is 0 Å². The Labute approximate surface area is 536 Å². The fourth-order valence-corrected chi connectivity index (χ4v) is 14.4. The maximum absolute atomic E-state index is 13.4. The number of rotatable bonds is 35. The van der Waals surface area contributed by atoms with E-state index in [4.69, 9.17) is 88.9 Å². The quantitative estimate of drug-likeness (QED) is 0.0267. The molecule has 0 saturated carbocycles. The number of ether oxygens (including phenoxy) is 17. The highest BCUT2D eigenvalue weighted by atomic mass is 32.3. The van der Waals surface area contributed by atoms with Crippen LogP contribution in [0.25, 0.3) is 0 Å². The van der Waals surface area contributed by atoms with E-state index < -0.39 is 274 Å². The summed E-state index contributed by atoms with van der Waals surface area (Å²) >= 11 is 0. The Morgan fingerprint density at radius 1 is 0.287 bits per heavy atom. The van der Waals surface area contributed by atoms with Crippen LogP contribution in [-0.2, 0) is 179 Å². The highest BCUT2D eigenvalue weighted by Crippen LogP contribution is 2.42. The standard InChI is InChI=1S/C41H70O46S7/c1-67-18-15(9-12-88(46,47)48)76-38(30(71-5)21(18)68-2)80-24-22(69-3)31(72-6)40(82-28(24)35(42)43)79-20-17(11-14-90(52,53)54)77-41(34(87-94(64,65)66)27(20)85-92(58,59)60)81-25-23(70-4)32(73-7)39(83-29(25)36(44)45)78-19-16(10-13-89(49,50)51)75-37(74-8)33(86-93(61,62)63)26(19)84-91(55,56)57/h15-34,37-41H,9-14H2,1-8H3,(H,42,43)(H,44,45)(H,46,47,48)(H,49,50,51)(H,52,53,54)(H,55,56,57)(H,58,59,60)(H,61,62,63)(H,64,65,66)/t15-,16-,17-,18-,19-,20-,21+,22+,23+,24+,25+,26+,27+,28+,29-,30-,31-,32-,33-,34-,37+,38-,39-,40-,41-/m1/s1. The van der Waals surface area contributed by atoms with Gasteiger partial charge < -0.3 is 90.7 Å². The van der Waals surface area contributed by atoms with Crippen LogP contribution in [0.4, 0.5) is 0 Å². The van der Waals surface area contributed by atoms with Crippen molar-refractivity contribution in [2.45, 2.75) is 173 Å². The molecule has 0 amide bonds. The van der Waals surface area contributed by atoms with Crippen LogP contribution in [0.15, 0.2) is 0 Å². The third-order valence-corrected chi connectivity index (χ3v) is 18.6. The Kier molecular flexibility index (Phi) is 29.1. The zero-order chi connectivity index (χ0) is 71.2. The van der Waals surface area contributed by atoms with E-state index in [1.165, 1.54) is 14.2 Å². The molecule has 9 N–H and O–H groups in total. The molecule has 0 spiro atoms. The van der Waals surface area contributed by atoms with Crippen molar-refractivity contribution in [1.82, 2.24) is 0 Å². The van der Waals surface area contributed by atoms with Crippen molar-refractivity contribution in [1.29, 1.82) is 0 Å². The van der Waals surface area contributed by atoms with Crippen LogP contribution in [0.2, 0.25) is 0 Å². The minimum Gasteiger partial charge on any atom is -0.479 e. The number of hydrogen-bond donors (Lipinski definition) is 9. The number of carboxylic acid groups (broad SMARTS) is 2. The summed E-state index contributed by atoms with van der Waals surface area (Å²) in [6.45, 7) is 0. The first-order valence-electron chi connectivity index (χ1n) is 26.3. The first-order chi connectivity index (χ1) is 43.2. The van der Waals surface area contributed by atoms with E-state index in [1.54, 1.807) is 0 Å². The maximum atomic E-state index is 13.4. The third kappa shape index (κ3) is 22.7. The highest BCUT2D eigenvalue weighted by molar-refractivity contribution is 7.86. The summed E-state index contributed by atoms with van der Waals surface area (Å²) in [5, 5.41) is 21.5. The van der Waals surface area contributed by atoms with Crippen LogP contribution in [0.5, 0.6) is 0 Å². The number of aliphatic carboxylic acids is 2. The fourth-order valence-electron chi connectivity index (χ4n) is 10.8. The van der Waals surface area contributed by atoms with Gasteiger partial charge in [-0.3, -0.25) is 31.9 Å². The van der Waals surface area contributed by atoms with Crippen LogP contribution in [-0.4, -0.2) is 341 Å². The minimum atomic E-state index is -6.14. The van der Waals surface area contributed by atoms with Gasteiger partial charge >= 0.3 is 53.5 Å². The topological polar surface area (TPSA) is 649 Å². The second-order valence-electron chi connectivity index (χ2n) is 20.4. The number of carboxylic acids is 2. The molecule has 0 unspecified atom stereocenters. The van der Waals surface area contributed by atoms with E-state index in [2.05, 4.69) is 8.37 Å². The molecule has 0 aromatic heterocycles. The molecule has 0 radical (unpaired) electrons. The fraction of sp³-hybridized carbons (Fsp3) is 0.951. The first kappa shape index (κ1) is 82.1. The van der Waals surface area contributed by atoms with Crippen LogP contribution in [0.3, 0.4) is 0 Å². The van der Waals surface area contributed by atoms with Crippen molar-refractivity contribution in [3.05, 3.63) is 0 Å². The monoisotopic (exact) mass is 1520 g/mol. The van der Waals surface area contributed by atoms with Crippen molar-refractivity contribution in [3.63, 3.8) is 0 Å². The van der Waals surface area contributed by atoms with Gasteiger partial charge in [-0.1, -0.05) is 0 Å². The first-order valence-corrected chi connectivity index (χ1v) is 36.6. The lowest BCUT2D eigenvalue weighted by molar-refractivity contribution is -0.387. The van der Waals surface area contributed by atoms with Crippen molar-refractivity contribution in [3.8, 4) is 0 Å². The molecule has 5 fully saturated rings. The highest BCUT2D eigenvalue weighted by Gasteiger charge is 2.62. The molecule has 0 aromatic rings. The Morgan fingerprint density at radius 3 is 0.787 bits per heavy atom. The molecule has 5 aliphatic rings. The van der Waals surface area contributed by atoms with E-state index in [0.29, 0.717) is 0 Å². The molecule has 25 atom stereocenters. The van der Waals surface area contributed by atoms with Crippen molar-refractivity contribution < 1.29 is 208 Å². The Morgan fingerprint density at radius 2 is 0.521 bits per heavy atom. The van der Waals surface area contributed by atoms with Crippen molar-refractivity contribution in [2.75, 3.05) is 74.1 Å². The number of carbonyl (C=O) groups is 2. The van der Waals surface area contributed by atoms with Crippen LogP contribution in [0, 0.1) is 0 Å². The van der Waals surface area contributed by atoms with Crippen LogP contribution >= 0.6 is 0 Å². The van der Waals surface area contributed by atoms with Gasteiger partial charge in [0.1, 0.15) is 79.4 Å². The Balaban J connectivity index is 1.63. The Hall–Kier alpha value is -2.53. The smallest absolute Gasteiger partial charge is 0.397 e. The second kappa shape index (κ2) is 33.3. The van der Waals surface area contributed by atoms with E-state index in [9.17, 15) is 111 Å². The molecular weight excluding hydrogens is 1450 g/mol. The summed E-state index contributed by atoms with van der Waals surface area (Å²) in [4.78, 5) is 26.7. The van der Waals surface area contributed by atoms with Gasteiger partial charge in [-0.15, -0.1) is 0 Å². The zero-order valence-corrected chi connectivity index (χ0v) is 55.4. The molecular formula is C41H70O46S7. The van der Waals surface area contributed by atoms with Gasteiger partial charge in [0.25, 0.3) is 30.4 Å². The summed E-state index contributed by atoms with van der Waals surface area (Å²) in [7, 11) is -31.2. The molecule has 0 aliphatic carbocycles. The van der Waals surface area contributed by atoms with Gasteiger partial charge in [-0.25, -0.2) is 26.3 Å². The van der Waals surface area contributed by atoms with Crippen molar-refractivity contribution in [2.24, 2.45) is 0 Å². The lowest BCUT2D eigenvalue weighted by atomic mass is 9.94. The van der Waals surface area contributed by atoms with Crippen LogP contribution < -0.4 is 0 Å². The predicted molar refractivity (Wildman–Crippen MR) is 289 cm³/mol. The molecule has 0 bridgehead atoms. The summed E-state index contributed by atoms with van der Waals surface area (Å²) in [6.07, 6.45) is -58.9. The van der Waals surface area contributed by atoms with E-state index in [1.807, 2.05) is 0 Å². The van der Waals surface area contributed by atoms with Crippen molar-refractivity contribution >= 4 is 83.9 Å². The van der Waals surface area contributed by atoms with Gasteiger partial charge in [-0.05, 0) is 19.3 Å². The molecule has 5 heterocycles. The molecule has 0 aromatic carbocycles. The average molecular weight is 1520 g/mol. The van der Waals surface area contributed by atoms with E-state index >= 15 is 0 Å². The predicted octanol–water partition coefficient (Wildman–Crippen LogP) is -6.34. The number of hydrogen-bond acceptors (Lipinski definition) is 37. The van der Waals surface area contributed by atoms with Gasteiger partial charge in [0, 0.05) is 56.9 Å². The zero-order valence-electron chi connectivity index (χ0n) is 49.7. The lowest BCUT2D eigenvalue weighted by Gasteiger charge is -2.51. The van der Waals surface area contributed by atoms with Gasteiger partial charge in [-0.2, -0.15) is 58.9 Å². The van der Waals surface area contributed by atoms with Crippen LogP contribution in [0.1, 0.15) is 19.3 Å². The molecule has 552 valence electrons. The van der Waals surface area contributed by atoms with Gasteiger partial charge in [0.2, 0.25) is 0 Å². The summed E-state index contributed by atoms with van der Waals surface area (Å²) in [5.41, 5.74) is 0. The summed E-state index contributed by atoms with van der Waals surface area (Å²) in [6, 6.07) is 0. The molecule has 46 nitrogen and oxygen atoms in total. The maximum Gasteiger partial charge on any atom is 0.397 e. The molecule has 5 rings (SSSR count). The second-order valence-corrected chi connectivity index (χ2v) is 29.3. The minimum absolute atomic E-state index is 0.503. The largest absolute Gasteiger partial charge is 0.479 e. The Bertz CT molecular complexity index is 3340. The molecule has 53 heteroatoms. The lowest BCUT2D eigenvalue weighted by Crippen LogP contribution is -2.69. The SMILES string of the molecule is CO[C@H]1O[C@H](CCS(=O)(=O)O)[C@@H](O[C@@H]2O[C@@H](C(=O)O)[C@@H](O[C@H]3O[C@H](CCS(=O)(=O)O)[C@@H](O[C@@H]4O[C@H](C(=O)O)[C@@H](O[C@H]5O[C@H](CCS(=O)(=O)O)[C@@H](OC)[C@H](OC)[C@H]5OC)[C@H](OC)[C@H]4OC)[C@H](OS(=O)(=O)O)[C@H]3OS(=O)(=O)O)[C@H](OC)[C@H]2OC)[C@H](OS(=O)(=O)O)[C@H]1OS(=O)(=O)O.